The summed E-state index contributed by atoms with van der Waals surface area (Å²) in [5, 5.41) is 11.0. The largest absolute Gasteiger partial charge is 0.549 e. The molecule has 102 valence electrons. The topological polar surface area (TPSA) is 69.2 Å². The quantitative estimate of drug-likeness (QED) is 0.310. The normalized spacial score (nSPS) is 9.95. The van der Waals surface area contributed by atoms with Gasteiger partial charge in [-0.2, -0.15) is 0 Å². The molecule has 0 saturated heterocycles. The van der Waals surface area contributed by atoms with Crippen molar-refractivity contribution >= 4 is 35.1 Å². The molecule has 0 atom stereocenters. The maximum absolute atomic E-state index is 10.4. The molecule has 0 unspecified atom stereocenters. The fourth-order valence-corrected chi connectivity index (χ4v) is 2.10. The van der Waals surface area contributed by atoms with Gasteiger partial charge in [0.15, 0.2) is 5.16 Å². The number of hydrogen-bond acceptors (Lipinski definition) is 6. The Morgan fingerprint density at radius 1 is 1.42 bits per heavy atom. The second-order valence-electron chi connectivity index (χ2n) is 3.47. The van der Waals surface area contributed by atoms with Gasteiger partial charge in [0.2, 0.25) is 0 Å². The van der Waals surface area contributed by atoms with Crippen molar-refractivity contribution in [2.45, 2.75) is 5.16 Å². The standard InChI is InChI=1S/C12H14ClN3O2S/c1-3-5-16(6-4-2)10-7-9(13)14-12(15-10)19-8-11(17)18/h3-4,7H,1-2,5-6,8H2,(H,17,18)/p-1. The molecule has 1 aromatic heterocycles. The van der Waals surface area contributed by atoms with Crippen LogP contribution in [-0.4, -0.2) is 34.8 Å². The van der Waals surface area contributed by atoms with E-state index in [2.05, 4.69) is 23.1 Å². The number of halogens is 1. The molecule has 0 spiro atoms. The van der Waals surface area contributed by atoms with Crippen LogP contribution in [0, 0.1) is 0 Å². The van der Waals surface area contributed by atoms with Crippen LogP contribution in [-0.2, 0) is 4.79 Å². The lowest BCUT2D eigenvalue weighted by Gasteiger charge is -2.20. The Labute approximate surface area is 121 Å². The first-order chi connectivity index (χ1) is 9.06. The van der Waals surface area contributed by atoms with E-state index in [1.54, 1.807) is 18.2 Å². The lowest BCUT2D eigenvalue weighted by molar-refractivity contribution is -0.301. The highest BCUT2D eigenvalue weighted by molar-refractivity contribution is 7.99. The Kier molecular flexibility index (Phi) is 6.38. The van der Waals surface area contributed by atoms with Crippen molar-refractivity contribution in [3.63, 3.8) is 0 Å². The number of carbonyl (C=O) groups excluding carboxylic acids is 1. The average molecular weight is 299 g/mol. The highest BCUT2D eigenvalue weighted by Gasteiger charge is 2.09. The number of carboxylic acids is 1. The number of carboxylic acid groups (broad SMARTS) is 1. The van der Waals surface area contributed by atoms with Gasteiger partial charge in [-0.25, -0.2) is 9.97 Å². The zero-order valence-electron chi connectivity index (χ0n) is 10.2. The molecule has 0 saturated carbocycles. The second-order valence-corrected chi connectivity index (χ2v) is 4.80. The van der Waals surface area contributed by atoms with Gasteiger partial charge in [0, 0.05) is 24.9 Å². The Balaban J connectivity index is 2.95. The molecule has 19 heavy (non-hydrogen) atoms. The van der Waals surface area contributed by atoms with Crippen molar-refractivity contribution in [2.75, 3.05) is 23.7 Å². The van der Waals surface area contributed by atoms with Crippen LogP contribution < -0.4 is 10.0 Å². The van der Waals surface area contributed by atoms with Crippen LogP contribution >= 0.6 is 23.4 Å². The third-order valence-electron chi connectivity index (χ3n) is 2.00. The maximum atomic E-state index is 10.4. The van der Waals surface area contributed by atoms with Gasteiger partial charge < -0.3 is 14.8 Å². The Bertz CT molecular complexity index is 472. The fraction of sp³-hybridized carbons (Fsp3) is 0.250. The van der Waals surface area contributed by atoms with Crippen molar-refractivity contribution in [3.05, 3.63) is 36.5 Å². The molecule has 0 fully saturated rings. The zero-order valence-corrected chi connectivity index (χ0v) is 11.8. The number of aliphatic carboxylic acids is 1. The van der Waals surface area contributed by atoms with E-state index >= 15 is 0 Å². The third kappa shape index (κ3) is 5.32. The number of thioether (sulfide) groups is 1. The number of anilines is 1. The Hall–Kier alpha value is -1.53. The summed E-state index contributed by atoms with van der Waals surface area (Å²) in [7, 11) is 0. The van der Waals surface area contributed by atoms with Crippen LogP contribution in [0.2, 0.25) is 5.15 Å². The molecule has 0 aromatic carbocycles. The summed E-state index contributed by atoms with van der Waals surface area (Å²) in [5.41, 5.74) is 0. The van der Waals surface area contributed by atoms with Gasteiger partial charge in [-0.3, -0.25) is 0 Å². The van der Waals surface area contributed by atoms with Crippen LogP contribution in [0.25, 0.3) is 0 Å². The van der Waals surface area contributed by atoms with E-state index in [1.807, 2.05) is 4.90 Å². The van der Waals surface area contributed by atoms with Gasteiger partial charge in [0.1, 0.15) is 11.0 Å². The van der Waals surface area contributed by atoms with Crippen LogP contribution in [0.5, 0.6) is 0 Å². The third-order valence-corrected chi connectivity index (χ3v) is 3.02. The number of aromatic nitrogens is 2. The van der Waals surface area contributed by atoms with Crippen molar-refractivity contribution in [1.82, 2.24) is 9.97 Å². The number of rotatable bonds is 8. The minimum Gasteiger partial charge on any atom is -0.549 e. The SMILES string of the molecule is C=CCN(CC=C)c1cc(Cl)nc(SCC(=O)[O-])n1. The minimum absolute atomic E-state index is 0.220. The molecule has 1 aromatic rings. The molecule has 0 aliphatic rings. The fourth-order valence-electron chi connectivity index (χ4n) is 1.31. The van der Waals surface area contributed by atoms with E-state index in [4.69, 9.17) is 11.6 Å². The van der Waals surface area contributed by atoms with E-state index in [0.717, 1.165) is 11.8 Å². The van der Waals surface area contributed by atoms with Crippen molar-refractivity contribution < 1.29 is 9.90 Å². The maximum Gasteiger partial charge on any atom is 0.191 e. The highest BCUT2D eigenvalue weighted by Crippen LogP contribution is 2.21. The first-order valence-corrected chi connectivity index (χ1v) is 6.77. The monoisotopic (exact) mass is 298 g/mol. The lowest BCUT2D eigenvalue weighted by atomic mass is 10.4. The molecule has 0 aliphatic heterocycles. The summed E-state index contributed by atoms with van der Waals surface area (Å²) in [6.45, 7) is 8.48. The molecule has 0 N–H and O–H groups in total. The number of nitrogens with zero attached hydrogens (tertiary/aromatic N) is 3. The van der Waals surface area contributed by atoms with Crippen LogP contribution in [0.4, 0.5) is 5.82 Å². The van der Waals surface area contributed by atoms with E-state index in [9.17, 15) is 9.90 Å². The molecular weight excluding hydrogens is 286 g/mol. The first kappa shape index (κ1) is 15.5. The summed E-state index contributed by atoms with van der Waals surface area (Å²) >= 11 is 6.87. The predicted molar refractivity (Wildman–Crippen MR) is 75.4 cm³/mol. The Morgan fingerprint density at radius 3 is 2.58 bits per heavy atom. The minimum atomic E-state index is -1.18. The van der Waals surface area contributed by atoms with Crippen LogP contribution in [0.3, 0.4) is 0 Å². The van der Waals surface area contributed by atoms with Gasteiger partial charge >= 0.3 is 0 Å². The molecule has 1 rings (SSSR count). The molecule has 0 aliphatic carbocycles. The van der Waals surface area contributed by atoms with Gasteiger partial charge in [-0.1, -0.05) is 35.5 Å². The summed E-state index contributed by atoms with van der Waals surface area (Å²) in [4.78, 5) is 20.5. The number of hydrogen-bond donors (Lipinski definition) is 0. The lowest BCUT2D eigenvalue weighted by Crippen LogP contribution is -2.25. The summed E-state index contributed by atoms with van der Waals surface area (Å²) in [5.74, 6) is -0.798. The van der Waals surface area contributed by atoms with Gasteiger partial charge in [0.05, 0.1) is 5.97 Å². The zero-order chi connectivity index (χ0) is 14.3. The van der Waals surface area contributed by atoms with Crippen molar-refractivity contribution in [2.24, 2.45) is 0 Å². The summed E-state index contributed by atoms with van der Waals surface area (Å²) in [6.07, 6.45) is 3.46. The molecule has 5 nitrogen and oxygen atoms in total. The molecular formula is C12H13ClN3O2S-. The number of carbonyl (C=O) groups is 1. The Morgan fingerprint density at radius 2 is 2.05 bits per heavy atom. The first-order valence-electron chi connectivity index (χ1n) is 5.40. The molecule has 1 heterocycles. The van der Waals surface area contributed by atoms with Gasteiger partial charge in [-0.05, 0) is 0 Å². The predicted octanol–water partition coefficient (Wildman–Crippen LogP) is 1.15. The second kappa shape index (κ2) is 7.81. The highest BCUT2D eigenvalue weighted by atomic mass is 35.5. The van der Waals surface area contributed by atoms with E-state index in [-0.39, 0.29) is 10.9 Å². The average Bonchev–Trinajstić information content (AvgIpc) is 2.35. The van der Waals surface area contributed by atoms with Crippen molar-refractivity contribution in [1.29, 1.82) is 0 Å². The van der Waals surface area contributed by atoms with Crippen molar-refractivity contribution in [3.8, 4) is 0 Å². The molecule has 0 radical (unpaired) electrons. The van der Waals surface area contributed by atoms with Gasteiger partial charge in [0.25, 0.3) is 0 Å². The summed E-state index contributed by atoms with van der Waals surface area (Å²) < 4.78 is 0. The molecule has 0 bridgehead atoms. The van der Waals surface area contributed by atoms with Crippen LogP contribution in [0.15, 0.2) is 36.5 Å². The van der Waals surface area contributed by atoms with E-state index in [1.165, 1.54) is 0 Å². The molecule has 7 heteroatoms. The molecule has 0 amide bonds. The van der Waals surface area contributed by atoms with Crippen LogP contribution in [0.1, 0.15) is 0 Å². The smallest absolute Gasteiger partial charge is 0.191 e. The van der Waals surface area contributed by atoms with E-state index < -0.39 is 5.97 Å². The van der Waals surface area contributed by atoms with E-state index in [0.29, 0.717) is 24.1 Å². The van der Waals surface area contributed by atoms with Gasteiger partial charge in [-0.15, -0.1) is 13.2 Å². The summed E-state index contributed by atoms with van der Waals surface area (Å²) in [6, 6.07) is 1.61.